The van der Waals surface area contributed by atoms with Crippen LogP contribution in [0.15, 0.2) is 78.9 Å². The molecule has 4 rings (SSSR count). The highest BCUT2D eigenvalue weighted by Crippen LogP contribution is 2.32. The van der Waals surface area contributed by atoms with Crippen LogP contribution in [0.2, 0.25) is 0 Å². The Bertz CT molecular complexity index is 999. The van der Waals surface area contributed by atoms with E-state index in [0.29, 0.717) is 12.5 Å². The van der Waals surface area contributed by atoms with E-state index in [0.717, 1.165) is 49.3 Å². The van der Waals surface area contributed by atoms with Gasteiger partial charge in [0.1, 0.15) is 5.82 Å². The van der Waals surface area contributed by atoms with Crippen molar-refractivity contribution >= 4 is 11.7 Å². The van der Waals surface area contributed by atoms with Crippen LogP contribution in [0.5, 0.6) is 0 Å². The highest BCUT2D eigenvalue weighted by Gasteiger charge is 2.24. The first-order valence-corrected chi connectivity index (χ1v) is 10.8. The molecular weight excluding hydrogens is 389 g/mol. The van der Waals surface area contributed by atoms with Gasteiger partial charge in [-0.05, 0) is 72.8 Å². The molecule has 0 spiro atoms. The van der Waals surface area contributed by atoms with Crippen LogP contribution < -0.4 is 10.6 Å². The maximum absolute atomic E-state index is 13.1. The van der Waals surface area contributed by atoms with Crippen LogP contribution in [0.25, 0.3) is 0 Å². The van der Waals surface area contributed by atoms with Crippen LogP contribution in [-0.2, 0) is 13.1 Å². The fourth-order valence-corrected chi connectivity index (χ4v) is 4.40. The summed E-state index contributed by atoms with van der Waals surface area (Å²) in [5.41, 5.74) is 10.1. The number of halogens is 1. The van der Waals surface area contributed by atoms with E-state index in [-0.39, 0.29) is 5.82 Å². The van der Waals surface area contributed by atoms with Gasteiger partial charge < -0.3 is 5.73 Å². The lowest BCUT2D eigenvalue weighted by atomic mass is 9.86. The first kappa shape index (κ1) is 21.1. The minimum absolute atomic E-state index is 0.195. The molecule has 0 radical (unpaired) electrons. The summed E-state index contributed by atoms with van der Waals surface area (Å²) in [6, 6.07) is 24.2. The van der Waals surface area contributed by atoms with Crippen molar-refractivity contribution in [1.29, 1.82) is 0 Å². The molecule has 4 nitrogen and oxygen atoms in total. The van der Waals surface area contributed by atoms with Crippen molar-refractivity contribution in [3.8, 4) is 0 Å². The van der Waals surface area contributed by atoms with Crippen LogP contribution in [0.3, 0.4) is 0 Å². The average Bonchev–Trinajstić information content (AvgIpc) is 2.80. The first-order chi connectivity index (χ1) is 15.1. The van der Waals surface area contributed by atoms with Gasteiger partial charge in [0, 0.05) is 12.2 Å². The normalized spacial score (nSPS) is 15.0. The molecule has 160 valence electrons. The Morgan fingerprint density at radius 2 is 1.58 bits per heavy atom. The Hall–Kier alpha value is -3.18. The number of anilines is 1. The summed E-state index contributed by atoms with van der Waals surface area (Å²) in [5.74, 6) is 0.255. The molecule has 3 aromatic carbocycles. The molecule has 31 heavy (non-hydrogen) atoms. The molecule has 3 aromatic rings. The van der Waals surface area contributed by atoms with Gasteiger partial charge in [-0.2, -0.15) is 0 Å². The van der Waals surface area contributed by atoms with E-state index in [9.17, 15) is 9.18 Å². The number of primary amides is 1. The lowest BCUT2D eigenvalue weighted by Crippen LogP contribution is -2.36. The molecular formula is C26H28FN3O. The second kappa shape index (κ2) is 9.75. The van der Waals surface area contributed by atoms with Gasteiger partial charge in [0.15, 0.2) is 0 Å². The Balaban J connectivity index is 1.44. The predicted octanol–water partition coefficient (Wildman–Crippen LogP) is 5.29. The van der Waals surface area contributed by atoms with Gasteiger partial charge in [-0.25, -0.2) is 9.18 Å². The fourth-order valence-electron chi connectivity index (χ4n) is 4.40. The summed E-state index contributed by atoms with van der Waals surface area (Å²) < 4.78 is 13.1. The third-order valence-corrected chi connectivity index (χ3v) is 6.06. The van der Waals surface area contributed by atoms with Crippen LogP contribution in [0, 0.1) is 5.82 Å². The van der Waals surface area contributed by atoms with Gasteiger partial charge in [0.25, 0.3) is 0 Å². The number of likely N-dealkylation sites (tertiary alicyclic amines) is 1. The molecule has 1 heterocycles. The maximum Gasteiger partial charge on any atom is 0.319 e. The Morgan fingerprint density at radius 3 is 2.26 bits per heavy atom. The van der Waals surface area contributed by atoms with Crippen molar-refractivity contribution < 1.29 is 9.18 Å². The molecule has 1 aliphatic rings. The van der Waals surface area contributed by atoms with E-state index in [1.165, 1.54) is 17.7 Å². The number of amides is 2. The van der Waals surface area contributed by atoms with Gasteiger partial charge in [-0.15, -0.1) is 0 Å². The van der Waals surface area contributed by atoms with Crippen molar-refractivity contribution in [1.82, 2.24) is 4.90 Å². The number of hydrogen-bond donors (Lipinski definition) is 1. The van der Waals surface area contributed by atoms with Crippen molar-refractivity contribution in [2.45, 2.75) is 31.8 Å². The molecule has 1 saturated heterocycles. The average molecular weight is 418 g/mol. The van der Waals surface area contributed by atoms with Crippen molar-refractivity contribution in [3.63, 3.8) is 0 Å². The minimum atomic E-state index is -0.449. The molecule has 0 unspecified atom stereocenters. The van der Waals surface area contributed by atoms with Gasteiger partial charge in [-0.1, -0.05) is 54.6 Å². The topological polar surface area (TPSA) is 49.6 Å². The summed E-state index contributed by atoms with van der Waals surface area (Å²) in [5, 5.41) is 0. The van der Waals surface area contributed by atoms with Gasteiger partial charge in [0.2, 0.25) is 0 Å². The van der Waals surface area contributed by atoms with E-state index in [2.05, 4.69) is 23.1 Å². The van der Waals surface area contributed by atoms with Crippen LogP contribution in [-0.4, -0.2) is 24.0 Å². The molecule has 2 N–H and O–H groups in total. The molecule has 1 aliphatic heterocycles. The summed E-state index contributed by atoms with van der Waals surface area (Å²) in [6.07, 6.45) is 2.11. The number of piperidine rings is 1. The zero-order valence-electron chi connectivity index (χ0n) is 17.6. The van der Waals surface area contributed by atoms with E-state index < -0.39 is 6.03 Å². The van der Waals surface area contributed by atoms with E-state index in [1.54, 1.807) is 4.90 Å². The number of urea groups is 1. The standard InChI is InChI=1S/C26H28FN3O/c27-23-12-10-20(11-13-23)18-29-16-14-21(15-17-29)25-9-5-4-6-22(25)19-30(26(28)31)24-7-2-1-3-8-24/h1-13,21H,14-19H2,(H2,28,31). The highest BCUT2D eigenvalue weighted by atomic mass is 19.1. The van der Waals surface area contributed by atoms with E-state index >= 15 is 0 Å². The Kier molecular flexibility index (Phi) is 6.63. The second-order valence-corrected chi connectivity index (χ2v) is 8.14. The maximum atomic E-state index is 13.1. The molecule has 0 atom stereocenters. The number of carbonyl (C=O) groups excluding carboxylic acids is 1. The Morgan fingerprint density at radius 1 is 0.935 bits per heavy atom. The van der Waals surface area contributed by atoms with Gasteiger partial charge in [0.05, 0.1) is 6.54 Å². The summed E-state index contributed by atoms with van der Waals surface area (Å²) in [4.78, 5) is 16.2. The lowest BCUT2D eigenvalue weighted by molar-refractivity contribution is 0.204. The SMILES string of the molecule is NC(=O)N(Cc1ccccc1C1CCN(Cc2ccc(F)cc2)CC1)c1ccccc1. The zero-order valence-corrected chi connectivity index (χ0v) is 17.6. The minimum Gasteiger partial charge on any atom is -0.351 e. The zero-order chi connectivity index (χ0) is 21.6. The summed E-state index contributed by atoms with van der Waals surface area (Å²) in [7, 11) is 0. The quantitative estimate of drug-likeness (QED) is 0.592. The highest BCUT2D eigenvalue weighted by molar-refractivity contribution is 5.90. The largest absolute Gasteiger partial charge is 0.351 e. The molecule has 1 fully saturated rings. The second-order valence-electron chi connectivity index (χ2n) is 8.14. The molecule has 2 amide bonds. The number of carbonyl (C=O) groups is 1. The number of nitrogens with zero attached hydrogens (tertiary/aromatic N) is 2. The van der Waals surface area contributed by atoms with Gasteiger partial charge >= 0.3 is 6.03 Å². The Labute approximate surface area is 183 Å². The van der Waals surface area contributed by atoms with Crippen LogP contribution in [0.1, 0.15) is 35.4 Å². The van der Waals surface area contributed by atoms with Crippen molar-refractivity contribution in [3.05, 3.63) is 101 Å². The third kappa shape index (κ3) is 5.30. The predicted molar refractivity (Wildman–Crippen MR) is 122 cm³/mol. The van der Waals surface area contributed by atoms with Crippen LogP contribution in [0.4, 0.5) is 14.9 Å². The van der Waals surface area contributed by atoms with Crippen molar-refractivity contribution in [2.24, 2.45) is 5.73 Å². The van der Waals surface area contributed by atoms with Crippen molar-refractivity contribution in [2.75, 3.05) is 18.0 Å². The fraction of sp³-hybridized carbons (Fsp3) is 0.269. The first-order valence-electron chi connectivity index (χ1n) is 10.8. The number of hydrogen-bond acceptors (Lipinski definition) is 2. The molecule has 0 bridgehead atoms. The number of rotatable bonds is 6. The van der Waals surface area contributed by atoms with Gasteiger partial charge in [-0.3, -0.25) is 9.80 Å². The lowest BCUT2D eigenvalue weighted by Gasteiger charge is -2.33. The monoisotopic (exact) mass is 417 g/mol. The molecule has 0 aromatic heterocycles. The molecule has 5 heteroatoms. The number of para-hydroxylation sites is 1. The number of nitrogens with two attached hydrogens (primary N) is 1. The number of benzene rings is 3. The summed E-state index contributed by atoms with van der Waals surface area (Å²) >= 11 is 0. The molecule has 0 saturated carbocycles. The molecule has 0 aliphatic carbocycles. The van der Waals surface area contributed by atoms with E-state index in [4.69, 9.17) is 5.73 Å². The smallest absolute Gasteiger partial charge is 0.319 e. The third-order valence-electron chi connectivity index (χ3n) is 6.06. The van der Waals surface area contributed by atoms with Crippen LogP contribution >= 0.6 is 0 Å². The summed E-state index contributed by atoms with van der Waals surface area (Å²) in [6.45, 7) is 3.30. The van der Waals surface area contributed by atoms with E-state index in [1.807, 2.05) is 48.5 Å².